The van der Waals surface area contributed by atoms with Gasteiger partial charge in [-0.2, -0.15) is 0 Å². The highest BCUT2D eigenvalue weighted by Gasteiger charge is 2.31. The van der Waals surface area contributed by atoms with Crippen LogP contribution in [0.2, 0.25) is 0 Å². The van der Waals surface area contributed by atoms with E-state index >= 15 is 0 Å². The van der Waals surface area contributed by atoms with Crippen molar-refractivity contribution in [2.75, 3.05) is 7.11 Å². The van der Waals surface area contributed by atoms with E-state index in [0.717, 1.165) is 4.47 Å². The van der Waals surface area contributed by atoms with Crippen LogP contribution in [0, 0.1) is 0 Å². The van der Waals surface area contributed by atoms with Crippen molar-refractivity contribution < 1.29 is 19.1 Å². The van der Waals surface area contributed by atoms with Crippen LogP contribution in [0.25, 0.3) is 0 Å². The summed E-state index contributed by atoms with van der Waals surface area (Å²) in [6.07, 6.45) is -0.521. The van der Waals surface area contributed by atoms with Gasteiger partial charge in [-0.3, -0.25) is 4.79 Å². The zero-order valence-corrected chi connectivity index (χ0v) is 15.1. The molecule has 1 aromatic rings. The summed E-state index contributed by atoms with van der Waals surface area (Å²) in [5.74, 6) is -0.894. The van der Waals surface area contributed by atoms with Crippen molar-refractivity contribution in [2.24, 2.45) is 0 Å². The molecule has 6 heteroatoms. The summed E-state index contributed by atoms with van der Waals surface area (Å²) >= 11 is 3.31. The van der Waals surface area contributed by atoms with Gasteiger partial charge >= 0.3 is 5.97 Å². The van der Waals surface area contributed by atoms with Crippen LogP contribution in [-0.2, 0) is 14.3 Å². The van der Waals surface area contributed by atoms with E-state index in [1.54, 1.807) is 31.2 Å². The van der Waals surface area contributed by atoms with Crippen LogP contribution in [0.5, 0.6) is 0 Å². The predicted molar refractivity (Wildman–Crippen MR) is 87.7 cm³/mol. The molecule has 122 valence electrons. The second-order valence-corrected chi connectivity index (χ2v) is 6.83. The summed E-state index contributed by atoms with van der Waals surface area (Å²) in [6, 6.07) is 5.99. The molecular formula is C16H22BrNO4. The Morgan fingerprint density at radius 3 is 2.18 bits per heavy atom. The number of hydrogen-bond acceptors (Lipinski definition) is 4. The van der Waals surface area contributed by atoms with Crippen molar-refractivity contribution in [2.45, 2.75) is 45.4 Å². The minimum Gasteiger partial charge on any atom is -0.467 e. The zero-order valence-electron chi connectivity index (χ0n) is 13.5. The van der Waals surface area contributed by atoms with Gasteiger partial charge in [0.05, 0.1) is 18.8 Å². The first kappa shape index (κ1) is 18.6. The highest BCUT2D eigenvalue weighted by Crippen LogP contribution is 2.15. The lowest BCUT2D eigenvalue weighted by Gasteiger charge is -2.30. The van der Waals surface area contributed by atoms with E-state index < -0.39 is 23.7 Å². The standard InChI is InChI=1S/C16H22BrNO4/c1-10(22-16(2,3)4)13(15(20)21-5)18-14(19)11-6-8-12(17)9-7-11/h6-10,13H,1-5H3,(H,18,19). The maximum Gasteiger partial charge on any atom is 0.331 e. The van der Waals surface area contributed by atoms with Crippen molar-refractivity contribution in [3.05, 3.63) is 34.3 Å². The van der Waals surface area contributed by atoms with Crippen molar-refractivity contribution in [1.82, 2.24) is 5.32 Å². The third-order valence-corrected chi connectivity index (χ3v) is 3.39. The van der Waals surface area contributed by atoms with Gasteiger partial charge in [0, 0.05) is 10.0 Å². The average molecular weight is 372 g/mol. The molecule has 5 nitrogen and oxygen atoms in total. The minimum atomic E-state index is -0.875. The first-order valence-corrected chi connectivity index (χ1v) is 7.75. The summed E-state index contributed by atoms with van der Waals surface area (Å²) in [7, 11) is 1.28. The molecule has 0 aliphatic heterocycles. The van der Waals surface area contributed by atoms with Gasteiger partial charge in [0.15, 0.2) is 6.04 Å². The number of esters is 1. The summed E-state index contributed by atoms with van der Waals surface area (Å²) in [5, 5.41) is 2.67. The van der Waals surface area contributed by atoms with E-state index in [-0.39, 0.29) is 5.91 Å². The highest BCUT2D eigenvalue weighted by atomic mass is 79.9. The summed E-state index contributed by atoms with van der Waals surface area (Å²) in [6.45, 7) is 7.38. The smallest absolute Gasteiger partial charge is 0.331 e. The molecule has 22 heavy (non-hydrogen) atoms. The van der Waals surface area contributed by atoms with Gasteiger partial charge in [0.25, 0.3) is 5.91 Å². The molecule has 1 amide bonds. The molecule has 0 saturated carbocycles. The van der Waals surface area contributed by atoms with E-state index in [9.17, 15) is 9.59 Å². The van der Waals surface area contributed by atoms with Crippen LogP contribution in [-0.4, -0.2) is 36.7 Å². The number of nitrogens with one attached hydrogen (secondary N) is 1. The third-order valence-electron chi connectivity index (χ3n) is 2.86. The lowest BCUT2D eigenvalue weighted by Crippen LogP contribution is -2.50. The Hall–Kier alpha value is -1.40. The Morgan fingerprint density at radius 1 is 1.18 bits per heavy atom. The number of rotatable bonds is 5. The maximum absolute atomic E-state index is 12.3. The summed E-state index contributed by atoms with van der Waals surface area (Å²) in [5.41, 5.74) is 0.0219. The number of halogens is 1. The molecule has 2 unspecified atom stereocenters. The number of benzene rings is 1. The quantitative estimate of drug-likeness (QED) is 0.808. The molecule has 0 aliphatic rings. The first-order valence-electron chi connectivity index (χ1n) is 6.96. The van der Waals surface area contributed by atoms with Gasteiger partial charge in [0.1, 0.15) is 0 Å². The normalized spacial score (nSPS) is 14.1. The fourth-order valence-electron chi connectivity index (χ4n) is 1.95. The molecular weight excluding hydrogens is 350 g/mol. The van der Waals surface area contributed by atoms with Gasteiger partial charge in [-0.15, -0.1) is 0 Å². The lowest BCUT2D eigenvalue weighted by atomic mass is 10.1. The highest BCUT2D eigenvalue weighted by molar-refractivity contribution is 9.10. The van der Waals surface area contributed by atoms with E-state index in [1.165, 1.54) is 7.11 Å². The zero-order chi connectivity index (χ0) is 16.9. The number of carbonyl (C=O) groups is 2. The number of hydrogen-bond donors (Lipinski definition) is 1. The monoisotopic (exact) mass is 371 g/mol. The Morgan fingerprint density at radius 2 is 1.73 bits per heavy atom. The average Bonchev–Trinajstić information content (AvgIpc) is 2.42. The Kier molecular flexibility index (Phi) is 6.56. The second kappa shape index (κ2) is 7.74. The fraction of sp³-hybridized carbons (Fsp3) is 0.500. The second-order valence-electron chi connectivity index (χ2n) is 5.92. The van der Waals surface area contributed by atoms with E-state index in [2.05, 4.69) is 21.2 Å². The molecule has 2 atom stereocenters. The van der Waals surface area contributed by atoms with Crippen molar-refractivity contribution >= 4 is 27.8 Å². The molecule has 0 fully saturated rings. The maximum atomic E-state index is 12.3. The van der Waals surface area contributed by atoms with Gasteiger partial charge in [-0.25, -0.2) is 4.79 Å². The topological polar surface area (TPSA) is 64.6 Å². The van der Waals surface area contributed by atoms with Gasteiger partial charge < -0.3 is 14.8 Å². The van der Waals surface area contributed by atoms with Crippen molar-refractivity contribution in [3.63, 3.8) is 0 Å². The Balaban J connectivity index is 2.87. The Bertz CT molecular complexity index is 522. The third kappa shape index (κ3) is 5.77. The molecule has 1 N–H and O–H groups in total. The number of carbonyl (C=O) groups excluding carboxylic acids is 2. The molecule has 1 aromatic carbocycles. The summed E-state index contributed by atoms with van der Waals surface area (Å²) in [4.78, 5) is 24.2. The fourth-order valence-corrected chi connectivity index (χ4v) is 2.21. The van der Waals surface area contributed by atoms with Gasteiger partial charge in [-0.05, 0) is 52.0 Å². The molecule has 0 saturated heterocycles. The van der Waals surface area contributed by atoms with Crippen molar-refractivity contribution in [3.8, 4) is 0 Å². The van der Waals surface area contributed by atoms with Crippen LogP contribution < -0.4 is 5.32 Å². The number of methoxy groups -OCH3 is 1. The molecule has 0 radical (unpaired) electrons. The Labute approximate surface area is 139 Å². The largest absolute Gasteiger partial charge is 0.467 e. The first-order chi connectivity index (χ1) is 10.1. The van der Waals surface area contributed by atoms with E-state index in [1.807, 2.05) is 20.8 Å². The van der Waals surface area contributed by atoms with E-state index in [0.29, 0.717) is 5.56 Å². The molecule has 0 bridgehead atoms. The van der Waals surface area contributed by atoms with Crippen LogP contribution in [0.3, 0.4) is 0 Å². The molecule has 0 heterocycles. The molecule has 0 aromatic heterocycles. The summed E-state index contributed by atoms with van der Waals surface area (Å²) < 4.78 is 11.4. The van der Waals surface area contributed by atoms with Crippen LogP contribution >= 0.6 is 15.9 Å². The predicted octanol–water partition coefficient (Wildman–Crippen LogP) is 2.92. The van der Waals surface area contributed by atoms with Crippen LogP contribution in [0.1, 0.15) is 38.1 Å². The SMILES string of the molecule is COC(=O)C(NC(=O)c1ccc(Br)cc1)C(C)OC(C)(C)C. The van der Waals surface area contributed by atoms with Crippen LogP contribution in [0.4, 0.5) is 0 Å². The molecule has 0 spiro atoms. The van der Waals surface area contributed by atoms with Gasteiger partial charge in [0.2, 0.25) is 0 Å². The van der Waals surface area contributed by atoms with Gasteiger partial charge in [-0.1, -0.05) is 15.9 Å². The molecule has 0 aliphatic carbocycles. The minimum absolute atomic E-state index is 0.354. The molecule has 1 rings (SSSR count). The van der Waals surface area contributed by atoms with E-state index in [4.69, 9.17) is 9.47 Å². The van der Waals surface area contributed by atoms with Crippen molar-refractivity contribution in [1.29, 1.82) is 0 Å². The number of amides is 1. The van der Waals surface area contributed by atoms with Crippen LogP contribution in [0.15, 0.2) is 28.7 Å². The lowest BCUT2D eigenvalue weighted by molar-refractivity contribution is -0.150. The number of ether oxygens (including phenoxy) is 2.